The van der Waals surface area contributed by atoms with Crippen LogP contribution in [0.5, 0.6) is 0 Å². The molecule has 3 rings (SSSR count). The average Bonchev–Trinajstić information content (AvgIpc) is 3.09. The number of imidazole rings is 1. The smallest absolute Gasteiger partial charge is 0.249 e. The molecule has 0 bridgehead atoms. The van der Waals surface area contributed by atoms with Crippen LogP contribution in [0.4, 0.5) is 0 Å². The molecule has 1 unspecified atom stereocenters. The highest BCUT2D eigenvalue weighted by Crippen LogP contribution is 2.14. The highest BCUT2D eigenvalue weighted by molar-refractivity contribution is 5.81. The molecule has 1 aromatic carbocycles. The van der Waals surface area contributed by atoms with Crippen LogP contribution < -0.4 is 5.32 Å². The summed E-state index contributed by atoms with van der Waals surface area (Å²) in [5.41, 5.74) is 2.11. The fraction of sp³-hybridized carbons (Fsp3) is 0.467. The van der Waals surface area contributed by atoms with Gasteiger partial charge >= 0.3 is 0 Å². The summed E-state index contributed by atoms with van der Waals surface area (Å²) in [4.78, 5) is 16.4. The van der Waals surface area contributed by atoms with Crippen molar-refractivity contribution in [3.05, 3.63) is 30.1 Å². The largest absolute Gasteiger partial charge is 0.368 e. The number of para-hydroxylation sites is 2. The lowest BCUT2D eigenvalue weighted by molar-refractivity contribution is -0.129. The van der Waals surface area contributed by atoms with Crippen molar-refractivity contribution in [1.29, 1.82) is 0 Å². The van der Waals surface area contributed by atoms with E-state index >= 15 is 0 Å². The number of hydrogen-bond donors (Lipinski definition) is 1. The van der Waals surface area contributed by atoms with Gasteiger partial charge in [0.05, 0.1) is 11.0 Å². The molecule has 20 heavy (non-hydrogen) atoms. The number of nitrogens with one attached hydrogen (secondary N) is 1. The first-order valence-corrected chi connectivity index (χ1v) is 7.05. The van der Waals surface area contributed by atoms with Crippen molar-refractivity contribution in [3.8, 4) is 0 Å². The zero-order chi connectivity index (χ0) is 13.9. The summed E-state index contributed by atoms with van der Waals surface area (Å²) in [7, 11) is 2.01. The summed E-state index contributed by atoms with van der Waals surface area (Å²) in [5, 5.41) is 2.93. The fourth-order valence-corrected chi connectivity index (χ4v) is 2.61. The molecule has 2 aromatic rings. The van der Waals surface area contributed by atoms with Crippen LogP contribution in [-0.4, -0.2) is 34.7 Å². The lowest BCUT2D eigenvalue weighted by Crippen LogP contribution is -2.35. The topological polar surface area (TPSA) is 56.2 Å². The first-order chi connectivity index (χ1) is 9.75. The average molecular weight is 273 g/mol. The monoisotopic (exact) mass is 273 g/mol. The van der Waals surface area contributed by atoms with Gasteiger partial charge < -0.3 is 14.6 Å². The molecule has 1 fully saturated rings. The third kappa shape index (κ3) is 2.54. The Bertz CT molecular complexity index is 615. The highest BCUT2D eigenvalue weighted by atomic mass is 16.5. The Morgan fingerprint density at radius 1 is 1.50 bits per heavy atom. The van der Waals surface area contributed by atoms with Crippen molar-refractivity contribution in [2.45, 2.75) is 25.4 Å². The molecule has 1 aliphatic heterocycles. The number of hydrogen-bond acceptors (Lipinski definition) is 3. The second kappa shape index (κ2) is 5.63. The van der Waals surface area contributed by atoms with Crippen molar-refractivity contribution in [2.24, 2.45) is 7.05 Å². The maximum absolute atomic E-state index is 11.8. The number of rotatable bonds is 4. The minimum Gasteiger partial charge on any atom is -0.368 e. The number of nitrogens with zero attached hydrogens (tertiary/aromatic N) is 2. The third-order valence-corrected chi connectivity index (χ3v) is 3.75. The molecule has 1 aliphatic rings. The zero-order valence-corrected chi connectivity index (χ0v) is 11.6. The van der Waals surface area contributed by atoms with E-state index in [0.29, 0.717) is 13.2 Å². The SMILES string of the molecule is Cn1c(CCNC(=O)C2CCCO2)nc2ccccc21. The number of aryl methyl sites for hydroxylation is 1. The molecule has 1 aromatic heterocycles. The van der Waals surface area contributed by atoms with Gasteiger partial charge in [-0.3, -0.25) is 4.79 Å². The zero-order valence-electron chi connectivity index (χ0n) is 11.6. The van der Waals surface area contributed by atoms with Crippen molar-refractivity contribution in [2.75, 3.05) is 13.2 Å². The van der Waals surface area contributed by atoms with E-state index in [0.717, 1.165) is 36.1 Å². The van der Waals surface area contributed by atoms with Crippen LogP contribution in [-0.2, 0) is 23.0 Å². The summed E-state index contributed by atoms with van der Waals surface area (Å²) in [6, 6.07) is 8.05. The van der Waals surface area contributed by atoms with E-state index in [4.69, 9.17) is 4.74 Å². The Morgan fingerprint density at radius 2 is 2.35 bits per heavy atom. The summed E-state index contributed by atoms with van der Waals surface area (Å²) in [6.07, 6.45) is 2.28. The van der Waals surface area contributed by atoms with Gasteiger partial charge in [0.25, 0.3) is 0 Å². The predicted molar refractivity (Wildman–Crippen MR) is 76.4 cm³/mol. The van der Waals surface area contributed by atoms with Gasteiger partial charge in [-0.1, -0.05) is 12.1 Å². The summed E-state index contributed by atoms with van der Waals surface area (Å²) >= 11 is 0. The third-order valence-electron chi connectivity index (χ3n) is 3.75. The van der Waals surface area contributed by atoms with Crippen LogP contribution >= 0.6 is 0 Å². The van der Waals surface area contributed by atoms with E-state index < -0.39 is 0 Å². The lowest BCUT2D eigenvalue weighted by atomic mass is 10.2. The molecule has 0 radical (unpaired) electrons. The van der Waals surface area contributed by atoms with Crippen LogP contribution in [0.25, 0.3) is 11.0 Å². The van der Waals surface area contributed by atoms with Crippen molar-refractivity contribution < 1.29 is 9.53 Å². The van der Waals surface area contributed by atoms with Gasteiger partial charge in [0.15, 0.2) is 0 Å². The molecule has 2 heterocycles. The van der Waals surface area contributed by atoms with E-state index in [2.05, 4.69) is 20.9 Å². The number of fused-ring (bicyclic) bond motifs is 1. The molecule has 0 saturated carbocycles. The minimum atomic E-state index is -0.254. The summed E-state index contributed by atoms with van der Waals surface area (Å²) < 4.78 is 7.43. The fourth-order valence-electron chi connectivity index (χ4n) is 2.61. The molecular weight excluding hydrogens is 254 g/mol. The second-order valence-corrected chi connectivity index (χ2v) is 5.12. The standard InChI is InChI=1S/C15H19N3O2/c1-18-12-6-3-2-5-11(12)17-14(18)8-9-16-15(19)13-7-4-10-20-13/h2-3,5-6,13H,4,7-10H2,1H3,(H,16,19). The van der Waals surface area contributed by atoms with Crippen LogP contribution in [0.15, 0.2) is 24.3 Å². The van der Waals surface area contributed by atoms with Gasteiger partial charge in [0.1, 0.15) is 11.9 Å². The normalized spacial score (nSPS) is 18.6. The van der Waals surface area contributed by atoms with E-state index in [1.165, 1.54) is 0 Å². The summed E-state index contributed by atoms with van der Waals surface area (Å²) in [5.74, 6) is 0.986. The van der Waals surface area contributed by atoms with E-state index in [1.807, 2.05) is 25.2 Å². The lowest BCUT2D eigenvalue weighted by Gasteiger charge is -2.10. The number of benzene rings is 1. The van der Waals surface area contributed by atoms with Gasteiger partial charge in [0.2, 0.25) is 5.91 Å². The quantitative estimate of drug-likeness (QED) is 0.916. The molecule has 0 aliphatic carbocycles. The Morgan fingerprint density at radius 3 is 3.10 bits per heavy atom. The van der Waals surface area contributed by atoms with Crippen LogP contribution in [0.2, 0.25) is 0 Å². The molecule has 1 N–H and O–H groups in total. The van der Waals surface area contributed by atoms with Crippen molar-refractivity contribution >= 4 is 16.9 Å². The molecule has 1 atom stereocenters. The highest BCUT2D eigenvalue weighted by Gasteiger charge is 2.23. The first-order valence-electron chi connectivity index (χ1n) is 7.05. The Hall–Kier alpha value is -1.88. The predicted octanol–water partition coefficient (Wildman–Crippen LogP) is 1.41. The molecule has 106 valence electrons. The van der Waals surface area contributed by atoms with Gasteiger partial charge in [0, 0.05) is 26.6 Å². The number of carbonyl (C=O) groups is 1. The van der Waals surface area contributed by atoms with Gasteiger partial charge in [-0.05, 0) is 25.0 Å². The first kappa shape index (κ1) is 13.1. The van der Waals surface area contributed by atoms with Gasteiger partial charge in [-0.2, -0.15) is 0 Å². The van der Waals surface area contributed by atoms with Gasteiger partial charge in [-0.15, -0.1) is 0 Å². The Labute approximate surface area is 117 Å². The van der Waals surface area contributed by atoms with Crippen molar-refractivity contribution in [3.63, 3.8) is 0 Å². The van der Waals surface area contributed by atoms with Crippen LogP contribution in [0, 0.1) is 0 Å². The molecule has 5 heteroatoms. The van der Waals surface area contributed by atoms with Crippen molar-refractivity contribution in [1.82, 2.24) is 14.9 Å². The van der Waals surface area contributed by atoms with E-state index in [-0.39, 0.29) is 12.0 Å². The molecule has 1 saturated heterocycles. The number of ether oxygens (including phenoxy) is 1. The maximum Gasteiger partial charge on any atom is 0.249 e. The maximum atomic E-state index is 11.8. The van der Waals surface area contributed by atoms with Crippen LogP contribution in [0.3, 0.4) is 0 Å². The molecular formula is C15H19N3O2. The Balaban J connectivity index is 1.59. The molecule has 1 amide bonds. The number of carbonyl (C=O) groups excluding carboxylic acids is 1. The number of amides is 1. The van der Waals surface area contributed by atoms with E-state index in [1.54, 1.807) is 0 Å². The van der Waals surface area contributed by atoms with Crippen LogP contribution in [0.1, 0.15) is 18.7 Å². The molecule has 0 spiro atoms. The summed E-state index contributed by atoms with van der Waals surface area (Å²) in [6.45, 7) is 1.29. The van der Waals surface area contributed by atoms with Gasteiger partial charge in [-0.25, -0.2) is 4.98 Å². The second-order valence-electron chi connectivity index (χ2n) is 5.12. The molecule has 5 nitrogen and oxygen atoms in total. The van der Waals surface area contributed by atoms with E-state index in [9.17, 15) is 4.79 Å². The number of aromatic nitrogens is 2. The Kier molecular flexibility index (Phi) is 3.69. The minimum absolute atomic E-state index is 0.00117.